The molecular formula is C12H16N4O3. The molecule has 0 saturated heterocycles. The Morgan fingerprint density at radius 3 is 2.63 bits per heavy atom. The van der Waals surface area contributed by atoms with Crippen molar-refractivity contribution >= 4 is 17.3 Å². The minimum absolute atomic E-state index is 0.0442. The van der Waals surface area contributed by atoms with Crippen molar-refractivity contribution in [3.8, 4) is 0 Å². The molecule has 2 unspecified atom stereocenters. The first-order valence-electron chi connectivity index (χ1n) is 5.92. The highest BCUT2D eigenvalue weighted by atomic mass is 16.6. The van der Waals surface area contributed by atoms with Gasteiger partial charge in [-0.15, -0.1) is 0 Å². The standard InChI is InChI=1S/C12H16N4O3/c1-15(2)12(17)7-3-4-9(11(5-7)16(18)19)14-10-6-8(10)13/h3-5,8,10,14H,6,13H2,1-2H3. The lowest BCUT2D eigenvalue weighted by molar-refractivity contribution is -0.384. The molecule has 1 aliphatic rings. The SMILES string of the molecule is CN(C)C(=O)c1ccc(NC2CC2N)c([N+](=O)[O-])c1. The van der Waals surface area contributed by atoms with E-state index in [-0.39, 0.29) is 23.7 Å². The van der Waals surface area contributed by atoms with Crippen LogP contribution in [0.4, 0.5) is 11.4 Å². The Hall–Kier alpha value is -2.15. The van der Waals surface area contributed by atoms with Gasteiger partial charge in [0, 0.05) is 37.8 Å². The van der Waals surface area contributed by atoms with Crippen molar-refractivity contribution in [1.82, 2.24) is 4.90 Å². The van der Waals surface area contributed by atoms with Crippen LogP contribution >= 0.6 is 0 Å². The van der Waals surface area contributed by atoms with Gasteiger partial charge in [-0.3, -0.25) is 14.9 Å². The van der Waals surface area contributed by atoms with Gasteiger partial charge < -0.3 is 16.0 Å². The lowest BCUT2D eigenvalue weighted by Crippen LogP contribution is -2.22. The second-order valence-corrected chi connectivity index (χ2v) is 4.84. The Labute approximate surface area is 110 Å². The van der Waals surface area contributed by atoms with Gasteiger partial charge in [-0.25, -0.2) is 0 Å². The zero-order chi connectivity index (χ0) is 14.2. The van der Waals surface area contributed by atoms with Crippen LogP contribution in [0.5, 0.6) is 0 Å². The first kappa shape index (κ1) is 13.3. The maximum absolute atomic E-state index is 11.8. The Bertz CT molecular complexity index is 530. The van der Waals surface area contributed by atoms with E-state index >= 15 is 0 Å². The highest BCUT2D eigenvalue weighted by molar-refractivity contribution is 5.95. The van der Waals surface area contributed by atoms with Crippen LogP contribution in [0, 0.1) is 10.1 Å². The maximum Gasteiger partial charge on any atom is 0.293 e. The molecule has 0 aromatic heterocycles. The topological polar surface area (TPSA) is 102 Å². The third-order valence-electron chi connectivity index (χ3n) is 3.03. The molecule has 1 amide bonds. The molecule has 102 valence electrons. The highest BCUT2D eigenvalue weighted by Gasteiger charge is 2.34. The van der Waals surface area contributed by atoms with Gasteiger partial charge in [-0.05, 0) is 18.6 Å². The molecule has 0 aliphatic heterocycles. The molecule has 0 heterocycles. The van der Waals surface area contributed by atoms with Crippen molar-refractivity contribution in [2.24, 2.45) is 5.73 Å². The van der Waals surface area contributed by atoms with Crippen LogP contribution in [0.1, 0.15) is 16.8 Å². The fraction of sp³-hybridized carbons (Fsp3) is 0.417. The van der Waals surface area contributed by atoms with Gasteiger partial charge in [0.15, 0.2) is 0 Å². The zero-order valence-corrected chi connectivity index (χ0v) is 10.8. The fourth-order valence-electron chi connectivity index (χ4n) is 1.78. The van der Waals surface area contributed by atoms with Gasteiger partial charge >= 0.3 is 0 Å². The number of nitrogens with one attached hydrogen (secondary N) is 1. The van der Waals surface area contributed by atoms with Crippen LogP contribution in [0.2, 0.25) is 0 Å². The largest absolute Gasteiger partial charge is 0.375 e. The molecule has 0 bridgehead atoms. The van der Waals surface area contributed by atoms with E-state index in [0.717, 1.165) is 6.42 Å². The number of carbonyl (C=O) groups is 1. The minimum atomic E-state index is -0.497. The number of amides is 1. The summed E-state index contributed by atoms with van der Waals surface area (Å²) < 4.78 is 0. The van der Waals surface area contributed by atoms with E-state index in [4.69, 9.17) is 5.73 Å². The summed E-state index contributed by atoms with van der Waals surface area (Å²) in [4.78, 5) is 23.7. The third kappa shape index (κ3) is 2.82. The average Bonchev–Trinajstić information content (AvgIpc) is 3.04. The van der Waals surface area contributed by atoms with E-state index in [1.807, 2.05) is 0 Å². The number of hydrogen-bond donors (Lipinski definition) is 2. The number of carbonyl (C=O) groups excluding carboxylic acids is 1. The van der Waals surface area contributed by atoms with Crippen molar-refractivity contribution in [1.29, 1.82) is 0 Å². The van der Waals surface area contributed by atoms with E-state index < -0.39 is 4.92 Å². The van der Waals surface area contributed by atoms with Crippen LogP contribution in [-0.4, -0.2) is 41.9 Å². The Balaban J connectivity index is 2.29. The molecule has 2 atom stereocenters. The van der Waals surface area contributed by atoms with Gasteiger partial charge in [0.05, 0.1) is 4.92 Å². The molecule has 19 heavy (non-hydrogen) atoms. The first-order valence-corrected chi connectivity index (χ1v) is 5.92. The smallest absolute Gasteiger partial charge is 0.293 e. The number of anilines is 1. The molecule has 1 aliphatic carbocycles. The number of hydrogen-bond acceptors (Lipinski definition) is 5. The van der Waals surface area contributed by atoms with Crippen LogP contribution in [0.25, 0.3) is 0 Å². The van der Waals surface area contributed by atoms with Crippen molar-refractivity contribution in [3.05, 3.63) is 33.9 Å². The van der Waals surface area contributed by atoms with Crippen LogP contribution in [0.3, 0.4) is 0 Å². The summed E-state index contributed by atoms with van der Waals surface area (Å²) in [6.45, 7) is 0. The second-order valence-electron chi connectivity index (χ2n) is 4.84. The fourth-order valence-corrected chi connectivity index (χ4v) is 1.78. The lowest BCUT2D eigenvalue weighted by atomic mass is 10.1. The summed E-state index contributed by atoms with van der Waals surface area (Å²) in [5.41, 5.74) is 6.26. The van der Waals surface area contributed by atoms with Gasteiger partial charge in [0.2, 0.25) is 0 Å². The van der Waals surface area contributed by atoms with E-state index in [0.29, 0.717) is 11.3 Å². The number of benzene rings is 1. The number of nitro benzene ring substituents is 1. The normalized spacial score (nSPS) is 20.8. The van der Waals surface area contributed by atoms with Gasteiger partial charge in [0.1, 0.15) is 5.69 Å². The minimum Gasteiger partial charge on any atom is -0.375 e. The quantitative estimate of drug-likeness (QED) is 0.619. The summed E-state index contributed by atoms with van der Waals surface area (Å²) in [6.07, 6.45) is 0.801. The van der Waals surface area contributed by atoms with Crippen LogP contribution in [-0.2, 0) is 0 Å². The summed E-state index contributed by atoms with van der Waals surface area (Å²) >= 11 is 0. The highest BCUT2D eigenvalue weighted by Crippen LogP contribution is 2.31. The summed E-state index contributed by atoms with van der Waals surface area (Å²) in [7, 11) is 3.20. The van der Waals surface area contributed by atoms with E-state index in [1.54, 1.807) is 26.2 Å². The maximum atomic E-state index is 11.8. The molecule has 0 radical (unpaired) electrons. The third-order valence-corrected chi connectivity index (χ3v) is 3.03. The molecule has 1 saturated carbocycles. The summed E-state index contributed by atoms with van der Waals surface area (Å²) in [5.74, 6) is -0.266. The van der Waals surface area contributed by atoms with Crippen LogP contribution in [0.15, 0.2) is 18.2 Å². The van der Waals surface area contributed by atoms with Crippen molar-refractivity contribution < 1.29 is 9.72 Å². The monoisotopic (exact) mass is 264 g/mol. The number of nitro groups is 1. The number of rotatable bonds is 4. The van der Waals surface area contributed by atoms with Crippen molar-refractivity contribution in [2.75, 3.05) is 19.4 Å². The Morgan fingerprint density at radius 2 is 2.16 bits per heavy atom. The molecule has 1 fully saturated rings. The average molecular weight is 264 g/mol. The molecule has 3 N–H and O–H groups in total. The number of nitrogens with two attached hydrogens (primary N) is 1. The lowest BCUT2D eigenvalue weighted by Gasteiger charge is -2.11. The Morgan fingerprint density at radius 1 is 1.53 bits per heavy atom. The summed E-state index contributed by atoms with van der Waals surface area (Å²) in [5, 5.41) is 14.1. The number of nitrogens with zero attached hydrogens (tertiary/aromatic N) is 2. The van der Waals surface area contributed by atoms with Crippen LogP contribution < -0.4 is 11.1 Å². The molecule has 1 aromatic carbocycles. The predicted molar refractivity (Wildman–Crippen MR) is 71.1 cm³/mol. The molecule has 2 rings (SSSR count). The molecular weight excluding hydrogens is 248 g/mol. The molecule has 1 aromatic rings. The summed E-state index contributed by atoms with van der Waals surface area (Å²) in [6, 6.07) is 4.54. The van der Waals surface area contributed by atoms with E-state index in [9.17, 15) is 14.9 Å². The second kappa shape index (κ2) is 4.85. The van der Waals surface area contributed by atoms with E-state index in [2.05, 4.69) is 5.32 Å². The van der Waals surface area contributed by atoms with Gasteiger partial charge in [-0.1, -0.05) is 0 Å². The zero-order valence-electron chi connectivity index (χ0n) is 10.8. The molecule has 7 nitrogen and oxygen atoms in total. The Kier molecular flexibility index (Phi) is 3.39. The van der Waals surface area contributed by atoms with E-state index in [1.165, 1.54) is 11.0 Å². The van der Waals surface area contributed by atoms with Crippen molar-refractivity contribution in [2.45, 2.75) is 18.5 Å². The van der Waals surface area contributed by atoms with Gasteiger partial charge in [-0.2, -0.15) is 0 Å². The molecule has 7 heteroatoms. The predicted octanol–water partition coefficient (Wildman–Crippen LogP) is 0.808. The van der Waals surface area contributed by atoms with Gasteiger partial charge in [0.25, 0.3) is 11.6 Å². The van der Waals surface area contributed by atoms with Crippen molar-refractivity contribution in [3.63, 3.8) is 0 Å². The molecule has 0 spiro atoms. The first-order chi connectivity index (χ1) is 8.90.